The molecule has 0 saturated carbocycles. The summed E-state index contributed by atoms with van der Waals surface area (Å²) in [6, 6.07) is 5.34. The largest absolute Gasteiger partial charge is 0.284 e. The van der Waals surface area contributed by atoms with Crippen LogP contribution in [0.25, 0.3) is 10.9 Å². The van der Waals surface area contributed by atoms with Crippen LogP contribution in [0.2, 0.25) is 0 Å². The lowest BCUT2D eigenvalue weighted by Gasteiger charge is -2.08. The molecule has 0 aliphatic heterocycles. The van der Waals surface area contributed by atoms with E-state index in [4.69, 9.17) is 0 Å². The maximum absolute atomic E-state index is 12.1. The second-order valence-electron chi connectivity index (χ2n) is 4.05. The van der Waals surface area contributed by atoms with Crippen LogP contribution < -0.4 is 4.72 Å². The third kappa shape index (κ3) is 1.95. The van der Waals surface area contributed by atoms with E-state index in [1.165, 1.54) is 12.4 Å². The van der Waals surface area contributed by atoms with Gasteiger partial charge in [0.15, 0.2) is 0 Å². The smallest absolute Gasteiger partial charge is 0.265 e. The minimum atomic E-state index is -3.64. The third-order valence-electron chi connectivity index (χ3n) is 2.79. The van der Waals surface area contributed by atoms with Gasteiger partial charge < -0.3 is 0 Å². The van der Waals surface area contributed by atoms with Crippen molar-refractivity contribution in [3.63, 3.8) is 0 Å². The second kappa shape index (κ2) is 4.09. The molecule has 0 spiro atoms. The zero-order chi connectivity index (χ0) is 13.5. The van der Waals surface area contributed by atoms with Crippen molar-refractivity contribution in [1.29, 1.82) is 0 Å². The van der Waals surface area contributed by atoms with Gasteiger partial charge in [0.2, 0.25) is 0 Å². The first kappa shape index (κ1) is 11.7. The third-order valence-corrected chi connectivity index (χ3v) is 4.12. The summed E-state index contributed by atoms with van der Waals surface area (Å²) >= 11 is 0. The number of H-pyrrole nitrogens is 1. The Morgan fingerprint density at radius 3 is 2.89 bits per heavy atom. The number of sulfonamides is 1. The molecule has 3 rings (SSSR count). The van der Waals surface area contributed by atoms with Crippen LogP contribution in [0.1, 0.15) is 0 Å². The average molecular weight is 277 g/mol. The first-order valence-electron chi connectivity index (χ1n) is 5.50. The number of rotatable bonds is 3. The molecule has 0 fully saturated rings. The fourth-order valence-electron chi connectivity index (χ4n) is 1.91. The molecule has 0 amide bonds. The topological polar surface area (TPSA) is 92.7 Å². The minimum Gasteiger partial charge on any atom is -0.284 e. The lowest BCUT2D eigenvalue weighted by atomic mass is 10.2. The molecule has 0 atom stereocenters. The molecule has 0 aliphatic rings. The standard InChI is InChI=1S/C11H11N5O2S/c1-16-11-8(5-14-16)3-2-4-10(11)15-19(17,18)9-6-12-13-7-9/h2-7,15H,1H3,(H,12,13). The van der Waals surface area contributed by atoms with Crippen molar-refractivity contribution in [2.75, 3.05) is 4.72 Å². The van der Waals surface area contributed by atoms with Crippen molar-refractivity contribution >= 4 is 26.6 Å². The summed E-state index contributed by atoms with van der Waals surface area (Å²) < 4.78 is 28.4. The van der Waals surface area contributed by atoms with Crippen molar-refractivity contribution in [3.05, 3.63) is 36.8 Å². The molecule has 7 nitrogen and oxygen atoms in total. The Morgan fingerprint density at radius 2 is 2.16 bits per heavy atom. The summed E-state index contributed by atoms with van der Waals surface area (Å²) in [5.74, 6) is 0. The molecule has 0 saturated heterocycles. The van der Waals surface area contributed by atoms with E-state index in [1.807, 2.05) is 6.07 Å². The van der Waals surface area contributed by atoms with Crippen LogP contribution in [-0.2, 0) is 17.1 Å². The fourth-order valence-corrected chi connectivity index (χ4v) is 2.88. The predicted octanol–water partition coefficient (Wildman–Crippen LogP) is 1.10. The second-order valence-corrected chi connectivity index (χ2v) is 5.73. The zero-order valence-electron chi connectivity index (χ0n) is 10.0. The van der Waals surface area contributed by atoms with E-state index in [9.17, 15) is 8.42 Å². The van der Waals surface area contributed by atoms with Crippen LogP contribution in [0, 0.1) is 0 Å². The predicted molar refractivity (Wildman–Crippen MR) is 70.1 cm³/mol. The molecule has 98 valence electrons. The molecule has 0 aliphatic carbocycles. The summed E-state index contributed by atoms with van der Waals surface area (Å²) in [6.07, 6.45) is 4.27. The zero-order valence-corrected chi connectivity index (χ0v) is 10.8. The van der Waals surface area contributed by atoms with Gasteiger partial charge in [0.05, 0.1) is 23.6 Å². The van der Waals surface area contributed by atoms with Gasteiger partial charge in [-0.05, 0) is 6.07 Å². The molecular weight excluding hydrogens is 266 g/mol. The van der Waals surface area contributed by atoms with Crippen LogP contribution in [0.5, 0.6) is 0 Å². The fraction of sp³-hybridized carbons (Fsp3) is 0.0909. The first-order valence-corrected chi connectivity index (χ1v) is 6.98. The van der Waals surface area contributed by atoms with Crippen LogP contribution in [-0.4, -0.2) is 28.4 Å². The van der Waals surface area contributed by atoms with E-state index in [-0.39, 0.29) is 4.90 Å². The van der Waals surface area contributed by atoms with Gasteiger partial charge in [-0.15, -0.1) is 0 Å². The van der Waals surface area contributed by atoms with E-state index in [1.54, 1.807) is 30.1 Å². The van der Waals surface area contributed by atoms with Crippen LogP contribution in [0.4, 0.5) is 5.69 Å². The number of hydrogen-bond donors (Lipinski definition) is 2. The van der Waals surface area contributed by atoms with E-state index in [0.29, 0.717) is 5.69 Å². The number of aromatic amines is 1. The van der Waals surface area contributed by atoms with Gasteiger partial charge in [-0.25, -0.2) is 8.42 Å². The van der Waals surface area contributed by atoms with Gasteiger partial charge in [0, 0.05) is 18.6 Å². The van der Waals surface area contributed by atoms with E-state index in [0.717, 1.165) is 10.9 Å². The molecule has 1 aromatic carbocycles. The number of nitrogens with one attached hydrogen (secondary N) is 2. The Bertz CT molecular complexity index is 820. The lowest BCUT2D eigenvalue weighted by Crippen LogP contribution is -2.13. The highest BCUT2D eigenvalue weighted by atomic mass is 32.2. The Morgan fingerprint density at radius 1 is 1.32 bits per heavy atom. The van der Waals surface area contributed by atoms with E-state index < -0.39 is 10.0 Å². The molecule has 2 aromatic heterocycles. The molecule has 0 bridgehead atoms. The van der Waals surface area contributed by atoms with Gasteiger partial charge in [-0.3, -0.25) is 14.5 Å². The number of hydrogen-bond acceptors (Lipinski definition) is 4. The lowest BCUT2D eigenvalue weighted by molar-refractivity contribution is 0.601. The molecule has 0 unspecified atom stereocenters. The number of benzene rings is 1. The van der Waals surface area contributed by atoms with Gasteiger partial charge >= 0.3 is 0 Å². The van der Waals surface area contributed by atoms with Crippen LogP contribution in [0.3, 0.4) is 0 Å². The highest BCUT2D eigenvalue weighted by Gasteiger charge is 2.17. The summed E-state index contributed by atoms with van der Waals surface area (Å²) in [7, 11) is -1.88. The molecular formula is C11H11N5O2S. The van der Waals surface area contributed by atoms with Gasteiger partial charge in [-0.1, -0.05) is 12.1 Å². The van der Waals surface area contributed by atoms with Crippen molar-refractivity contribution in [3.8, 4) is 0 Å². The number of para-hydroxylation sites is 1. The highest BCUT2D eigenvalue weighted by Crippen LogP contribution is 2.24. The van der Waals surface area contributed by atoms with Crippen LogP contribution >= 0.6 is 0 Å². The Balaban J connectivity index is 2.09. The number of anilines is 1. The molecule has 2 N–H and O–H groups in total. The normalized spacial score (nSPS) is 11.8. The minimum absolute atomic E-state index is 0.0895. The molecule has 3 aromatic rings. The highest BCUT2D eigenvalue weighted by molar-refractivity contribution is 7.92. The number of aryl methyl sites for hydroxylation is 1. The Hall–Kier alpha value is -2.35. The van der Waals surface area contributed by atoms with Crippen molar-refractivity contribution in [2.24, 2.45) is 7.05 Å². The van der Waals surface area contributed by atoms with E-state index >= 15 is 0 Å². The maximum atomic E-state index is 12.1. The number of nitrogens with zero attached hydrogens (tertiary/aromatic N) is 3. The Kier molecular flexibility index (Phi) is 2.53. The molecule has 8 heteroatoms. The van der Waals surface area contributed by atoms with Crippen molar-refractivity contribution < 1.29 is 8.42 Å². The maximum Gasteiger partial charge on any atom is 0.265 e. The number of aromatic nitrogens is 4. The summed E-state index contributed by atoms with van der Waals surface area (Å²) in [5.41, 5.74) is 1.22. The van der Waals surface area contributed by atoms with Crippen molar-refractivity contribution in [2.45, 2.75) is 4.90 Å². The summed E-state index contributed by atoms with van der Waals surface area (Å²) in [5, 5.41) is 11.1. The van der Waals surface area contributed by atoms with Crippen LogP contribution in [0.15, 0.2) is 41.7 Å². The molecule has 19 heavy (non-hydrogen) atoms. The monoisotopic (exact) mass is 277 g/mol. The molecule has 0 radical (unpaired) electrons. The average Bonchev–Trinajstić information content (AvgIpc) is 2.99. The quantitative estimate of drug-likeness (QED) is 0.749. The van der Waals surface area contributed by atoms with Gasteiger partial charge in [0.1, 0.15) is 4.90 Å². The summed E-state index contributed by atoms with van der Waals surface area (Å²) in [6.45, 7) is 0. The molecule has 2 heterocycles. The van der Waals surface area contributed by atoms with Crippen molar-refractivity contribution in [1.82, 2.24) is 20.0 Å². The Labute approximate surface area is 109 Å². The van der Waals surface area contributed by atoms with Gasteiger partial charge in [0.25, 0.3) is 10.0 Å². The SMILES string of the molecule is Cn1ncc2cccc(NS(=O)(=O)c3cn[nH]c3)c21. The van der Waals surface area contributed by atoms with E-state index in [2.05, 4.69) is 20.0 Å². The number of fused-ring (bicyclic) bond motifs is 1. The summed E-state index contributed by atoms with van der Waals surface area (Å²) in [4.78, 5) is 0.0895. The van der Waals surface area contributed by atoms with Gasteiger partial charge in [-0.2, -0.15) is 10.2 Å². The first-order chi connectivity index (χ1) is 9.08.